The Morgan fingerprint density at radius 2 is 2.33 bits per heavy atom. The van der Waals surface area contributed by atoms with Gasteiger partial charge in [-0.25, -0.2) is 0 Å². The molecule has 2 heterocycles. The average Bonchev–Trinajstić information content (AvgIpc) is 2.65. The molecule has 0 radical (unpaired) electrons. The van der Waals surface area contributed by atoms with Crippen molar-refractivity contribution in [2.24, 2.45) is 12.5 Å². The van der Waals surface area contributed by atoms with Crippen molar-refractivity contribution in [3.05, 3.63) is 18.0 Å². The smallest absolute Gasteiger partial charge is 0.0695 e. The predicted molar refractivity (Wildman–Crippen MR) is 55.0 cm³/mol. The molecule has 1 aliphatic rings. The van der Waals surface area contributed by atoms with Gasteiger partial charge in [0.05, 0.1) is 17.7 Å². The lowest BCUT2D eigenvalue weighted by Crippen LogP contribution is -2.30. The third-order valence-electron chi connectivity index (χ3n) is 2.99. The zero-order chi connectivity index (χ0) is 10.7. The van der Waals surface area contributed by atoms with E-state index in [1.165, 1.54) is 0 Å². The molecule has 1 fully saturated rings. The molecular weight excluding hydrogens is 190 g/mol. The first-order chi connectivity index (χ1) is 7.24. The van der Waals surface area contributed by atoms with Crippen LogP contribution in [0.2, 0.25) is 0 Å². The Kier molecular flexibility index (Phi) is 2.74. The van der Waals surface area contributed by atoms with E-state index in [1.807, 2.05) is 19.4 Å². The number of aryl methyl sites for hydroxylation is 1. The molecule has 1 aromatic heterocycles. The molecule has 0 aromatic carbocycles. The minimum Gasteiger partial charge on any atom is -0.381 e. The van der Waals surface area contributed by atoms with Crippen LogP contribution in [0.15, 0.2) is 12.4 Å². The van der Waals surface area contributed by atoms with Gasteiger partial charge in [-0.15, -0.1) is 0 Å². The number of hydrogen-bond donors (Lipinski definition) is 0. The number of ether oxygens (including phenoxy) is 1. The lowest BCUT2D eigenvalue weighted by atomic mass is 9.77. The Morgan fingerprint density at radius 1 is 1.60 bits per heavy atom. The maximum atomic E-state index is 9.28. The summed E-state index contributed by atoms with van der Waals surface area (Å²) in [4.78, 5) is 0. The fraction of sp³-hybridized carbons (Fsp3) is 0.636. The number of aromatic nitrogens is 2. The first-order valence-corrected chi connectivity index (χ1v) is 5.21. The normalized spacial score (nSPS) is 19.7. The van der Waals surface area contributed by atoms with Crippen molar-refractivity contribution < 1.29 is 4.74 Å². The standard InChI is InChI=1S/C11H15N3O/c1-14-8-10(7-13-14)6-11(9-12)2-4-15-5-3-11/h7-8H,2-6H2,1H3. The highest BCUT2D eigenvalue weighted by Crippen LogP contribution is 2.33. The third kappa shape index (κ3) is 2.18. The van der Waals surface area contributed by atoms with Gasteiger partial charge >= 0.3 is 0 Å². The second-order valence-corrected chi connectivity index (χ2v) is 4.20. The van der Waals surface area contributed by atoms with Gasteiger partial charge in [0.15, 0.2) is 0 Å². The molecule has 15 heavy (non-hydrogen) atoms. The Bertz CT molecular complexity index is 371. The van der Waals surface area contributed by atoms with E-state index in [0.29, 0.717) is 13.2 Å². The lowest BCUT2D eigenvalue weighted by molar-refractivity contribution is 0.0406. The first-order valence-electron chi connectivity index (χ1n) is 5.21. The Labute approximate surface area is 89.5 Å². The maximum absolute atomic E-state index is 9.28. The van der Waals surface area contributed by atoms with E-state index >= 15 is 0 Å². The average molecular weight is 205 g/mol. The molecule has 0 aliphatic carbocycles. The number of hydrogen-bond acceptors (Lipinski definition) is 3. The maximum Gasteiger partial charge on any atom is 0.0695 e. The van der Waals surface area contributed by atoms with E-state index in [4.69, 9.17) is 4.74 Å². The van der Waals surface area contributed by atoms with Crippen molar-refractivity contribution in [3.8, 4) is 6.07 Å². The molecule has 4 heteroatoms. The summed E-state index contributed by atoms with van der Waals surface area (Å²) in [6.07, 6.45) is 6.28. The molecule has 1 aromatic rings. The molecule has 1 saturated heterocycles. The molecule has 4 nitrogen and oxygen atoms in total. The monoisotopic (exact) mass is 205 g/mol. The highest BCUT2D eigenvalue weighted by Gasteiger charge is 2.33. The Morgan fingerprint density at radius 3 is 2.87 bits per heavy atom. The van der Waals surface area contributed by atoms with Crippen LogP contribution in [0.25, 0.3) is 0 Å². The summed E-state index contributed by atoms with van der Waals surface area (Å²) < 4.78 is 7.08. The number of rotatable bonds is 2. The van der Waals surface area contributed by atoms with Crippen LogP contribution in [0.1, 0.15) is 18.4 Å². The van der Waals surface area contributed by atoms with Gasteiger partial charge in [-0.1, -0.05) is 0 Å². The summed E-state index contributed by atoms with van der Waals surface area (Å²) in [5.74, 6) is 0. The van der Waals surface area contributed by atoms with E-state index < -0.39 is 0 Å². The third-order valence-corrected chi connectivity index (χ3v) is 2.99. The molecule has 0 amide bonds. The van der Waals surface area contributed by atoms with Crippen LogP contribution in [0.5, 0.6) is 0 Å². The van der Waals surface area contributed by atoms with Gasteiger partial charge in [-0.3, -0.25) is 4.68 Å². The van der Waals surface area contributed by atoms with E-state index in [1.54, 1.807) is 4.68 Å². The van der Waals surface area contributed by atoms with Gasteiger partial charge in [0, 0.05) is 26.5 Å². The van der Waals surface area contributed by atoms with Crippen LogP contribution in [-0.4, -0.2) is 23.0 Å². The zero-order valence-corrected chi connectivity index (χ0v) is 8.94. The lowest BCUT2D eigenvalue weighted by Gasteiger charge is -2.30. The van der Waals surface area contributed by atoms with E-state index in [2.05, 4.69) is 11.2 Å². The number of nitriles is 1. The summed E-state index contributed by atoms with van der Waals surface area (Å²) in [6, 6.07) is 2.46. The van der Waals surface area contributed by atoms with Gasteiger partial charge in [0.1, 0.15) is 0 Å². The summed E-state index contributed by atoms with van der Waals surface area (Å²) in [6.45, 7) is 1.40. The largest absolute Gasteiger partial charge is 0.381 e. The number of nitrogens with zero attached hydrogens (tertiary/aromatic N) is 3. The molecule has 1 aliphatic heterocycles. The zero-order valence-electron chi connectivity index (χ0n) is 8.94. The molecular formula is C11H15N3O. The van der Waals surface area contributed by atoms with Crippen LogP contribution >= 0.6 is 0 Å². The van der Waals surface area contributed by atoms with Gasteiger partial charge < -0.3 is 4.74 Å². The van der Waals surface area contributed by atoms with Crippen LogP contribution < -0.4 is 0 Å². The van der Waals surface area contributed by atoms with Crippen LogP contribution in [-0.2, 0) is 18.2 Å². The summed E-state index contributed by atoms with van der Waals surface area (Å²) in [5.41, 5.74) is 0.905. The summed E-state index contributed by atoms with van der Waals surface area (Å²) in [5, 5.41) is 13.4. The predicted octanol–water partition coefficient (Wildman–Crippen LogP) is 1.28. The molecule has 0 N–H and O–H groups in total. The molecule has 0 saturated carbocycles. The highest BCUT2D eigenvalue weighted by atomic mass is 16.5. The van der Waals surface area contributed by atoms with Crippen molar-refractivity contribution >= 4 is 0 Å². The van der Waals surface area contributed by atoms with Crippen LogP contribution in [0.3, 0.4) is 0 Å². The van der Waals surface area contributed by atoms with Gasteiger partial charge in [-0.2, -0.15) is 10.4 Å². The summed E-state index contributed by atoms with van der Waals surface area (Å²) in [7, 11) is 1.90. The van der Waals surface area contributed by atoms with Crippen LogP contribution in [0.4, 0.5) is 0 Å². The van der Waals surface area contributed by atoms with Crippen molar-refractivity contribution in [1.29, 1.82) is 5.26 Å². The van der Waals surface area contributed by atoms with Crippen molar-refractivity contribution in [1.82, 2.24) is 9.78 Å². The molecule has 0 spiro atoms. The molecule has 0 unspecified atom stereocenters. The van der Waals surface area contributed by atoms with E-state index in [9.17, 15) is 5.26 Å². The van der Waals surface area contributed by atoms with Crippen molar-refractivity contribution in [3.63, 3.8) is 0 Å². The minimum absolute atomic E-state index is 0.235. The van der Waals surface area contributed by atoms with Crippen molar-refractivity contribution in [2.45, 2.75) is 19.3 Å². The fourth-order valence-electron chi connectivity index (χ4n) is 2.04. The highest BCUT2D eigenvalue weighted by molar-refractivity contribution is 5.13. The van der Waals surface area contributed by atoms with E-state index in [0.717, 1.165) is 24.8 Å². The van der Waals surface area contributed by atoms with Gasteiger partial charge in [0.25, 0.3) is 0 Å². The van der Waals surface area contributed by atoms with Gasteiger partial charge in [-0.05, 0) is 24.8 Å². The molecule has 0 bridgehead atoms. The van der Waals surface area contributed by atoms with Crippen molar-refractivity contribution in [2.75, 3.05) is 13.2 Å². The molecule has 2 rings (SSSR count). The SMILES string of the molecule is Cn1cc(CC2(C#N)CCOCC2)cn1. The Balaban J connectivity index is 2.11. The quantitative estimate of drug-likeness (QED) is 0.730. The second-order valence-electron chi connectivity index (χ2n) is 4.20. The van der Waals surface area contributed by atoms with E-state index in [-0.39, 0.29) is 5.41 Å². The topological polar surface area (TPSA) is 50.8 Å². The second kappa shape index (κ2) is 4.03. The Hall–Kier alpha value is -1.34. The summed E-state index contributed by atoms with van der Waals surface area (Å²) >= 11 is 0. The first kappa shape index (κ1) is 10.2. The fourth-order valence-corrected chi connectivity index (χ4v) is 2.04. The minimum atomic E-state index is -0.235. The molecule has 0 atom stereocenters. The van der Waals surface area contributed by atoms with Crippen LogP contribution in [0, 0.1) is 16.7 Å². The molecule has 80 valence electrons. The van der Waals surface area contributed by atoms with Gasteiger partial charge in [0.2, 0.25) is 0 Å².